The van der Waals surface area contributed by atoms with E-state index in [1.54, 1.807) is 12.1 Å². The molecule has 0 aliphatic carbocycles. The van der Waals surface area contributed by atoms with Gasteiger partial charge in [-0.3, -0.25) is 0 Å². The van der Waals surface area contributed by atoms with Gasteiger partial charge in [-0.25, -0.2) is 0 Å². The molecule has 21 heavy (non-hydrogen) atoms. The lowest BCUT2D eigenvalue weighted by molar-refractivity contribution is -0.137. The first kappa shape index (κ1) is 16.1. The Labute approximate surface area is 124 Å². The highest BCUT2D eigenvalue weighted by Crippen LogP contribution is 2.31. The van der Waals surface area contributed by atoms with Gasteiger partial charge in [0.25, 0.3) is 0 Å². The highest BCUT2D eigenvalue weighted by molar-refractivity contribution is 5.48. The number of benzene rings is 1. The van der Waals surface area contributed by atoms with Gasteiger partial charge in [0.15, 0.2) is 0 Å². The Kier molecular flexibility index (Phi) is 5.14. The zero-order valence-corrected chi connectivity index (χ0v) is 12.6. The molecule has 5 heteroatoms. The number of rotatable bonds is 4. The van der Waals surface area contributed by atoms with Gasteiger partial charge in [-0.1, -0.05) is 13.8 Å². The topological polar surface area (TPSA) is 15.3 Å². The third-order valence-electron chi connectivity index (χ3n) is 3.99. The average Bonchev–Trinajstić information content (AvgIpc) is 2.45. The van der Waals surface area contributed by atoms with E-state index in [-0.39, 0.29) is 0 Å². The summed E-state index contributed by atoms with van der Waals surface area (Å²) >= 11 is 0. The first-order valence-corrected chi connectivity index (χ1v) is 7.52. The second-order valence-corrected chi connectivity index (χ2v) is 6.04. The molecule has 2 rings (SSSR count). The van der Waals surface area contributed by atoms with E-state index in [1.165, 1.54) is 12.1 Å². The van der Waals surface area contributed by atoms with Gasteiger partial charge in [0, 0.05) is 24.8 Å². The molecule has 0 unspecified atom stereocenters. The molecular weight excluding hydrogens is 277 g/mol. The Morgan fingerprint density at radius 1 is 1.14 bits per heavy atom. The molecular formula is C16H23F3N2. The standard InChI is InChI=1S/C16H23F3N2/c1-12(2)20-11-13-7-9-21(10-8-13)15-5-3-14(4-6-15)16(17,18)19/h3-6,12-13,20H,7-11H2,1-2H3. The second-order valence-electron chi connectivity index (χ2n) is 6.04. The lowest BCUT2D eigenvalue weighted by atomic mass is 9.96. The molecule has 0 amide bonds. The first-order valence-electron chi connectivity index (χ1n) is 7.52. The van der Waals surface area contributed by atoms with Crippen LogP contribution in [0.25, 0.3) is 0 Å². The maximum absolute atomic E-state index is 12.5. The van der Waals surface area contributed by atoms with E-state index in [1.807, 2.05) is 0 Å². The molecule has 0 saturated carbocycles. The van der Waals surface area contributed by atoms with Gasteiger partial charge in [0.05, 0.1) is 5.56 Å². The van der Waals surface area contributed by atoms with Crippen LogP contribution in [-0.2, 0) is 6.18 Å². The molecule has 1 aliphatic heterocycles. The number of nitrogens with zero attached hydrogens (tertiary/aromatic N) is 1. The summed E-state index contributed by atoms with van der Waals surface area (Å²) in [5, 5.41) is 3.45. The quantitative estimate of drug-likeness (QED) is 0.906. The van der Waals surface area contributed by atoms with Crippen LogP contribution < -0.4 is 10.2 Å². The largest absolute Gasteiger partial charge is 0.416 e. The molecule has 0 bridgehead atoms. The van der Waals surface area contributed by atoms with Crippen LogP contribution >= 0.6 is 0 Å². The second kappa shape index (κ2) is 6.69. The fraction of sp³-hybridized carbons (Fsp3) is 0.625. The summed E-state index contributed by atoms with van der Waals surface area (Å²) in [5.41, 5.74) is 0.306. The van der Waals surface area contributed by atoms with E-state index < -0.39 is 11.7 Å². The summed E-state index contributed by atoms with van der Waals surface area (Å²) in [6.07, 6.45) is -2.09. The minimum absolute atomic E-state index is 0.498. The summed E-state index contributed by atoms with van der Waals surface area (Å²) in [6, 6.07) is 5.99. The van der Waals surface area contributed by atoms with Crippen molar-refractivity contribution in [2.45, 2.75) is 38.9 Å². The fourth-order valence-corrected chi connectivity index (χ4v) is 2.66. The molecule has 0 spiro atoms. The molecule has 1 aromatic rings. The van der Waals surface area contributed by atoms with E-state index in [4.69, 9.17) is 0 Å². The lowest BCUT2D eigenvalue weighted by Gasteiger charge is -2.34. The van der Waals surface area contributed by atoms with Crippen LogP contribution in [0.3, 0.4) is 0 Å². The predicted octanol–water partition coefficient (Wildman–Crippen LogP) is 3.92. The molecule has 1 aliphatic rings. The van der Waals surface area contributed by atoms with E-state index in [0.717, 1.165) is 38.2 Å². The van der Waals surface area contributed by atoms with Crippen LogP contribution in [-0.4, -0.2) is 25.7 Å². The number of piperidine rings is 1. The van der Waals surface area contributed by atoms with E-state index in [0.29, 0.717) is 12.0 Å². The summed E-state index contributed by atoms with van der Waals surface area (Å²) in [6.45, 7) is 7.12. The molecule has 0 atom stereocenters. The first-order chi connectivity index (χ1) is 9.86. The molecule has 118 valence electrons. The zero-order valence-electron chi connectivity index (χ0n) is 12.6. The van der Waals surface area contributed by atoms with Gasteiger partial charge in [-0.15, -0.1) is 0 Å². The van der Waals surface area contributed by atoms with Crippen LogP contribution in [0.2, 0.25) is 0 Å². The average molecular weight is 300 g/mol. The van der Waals surface area contributed by atoms with Crippen LogP contribution in [0.15, 0.2) is 24.3 Å². The monoisotopic (exact) mass is 300 g/mol. The van der Waals surface area contributed by atoms with Gasteiger partial charge in [-0.05, 0) is 49.6 Å². The predicted molar refractivity (Wildman–Crippen MR) is 79.5 cm³/mol. The van der Waals surface area contributed by atoms with Crippen molar-refractivity contribution < 1.29 is 13.2 Å². The van der Waals surface area contributed by atoms with Gasteiger partial charge in [0.2, 0.25) is 0 Å². The molecule has 1 N–H and O–H groups in total. The number of hydrogen-bond acceptors (Lipinski definition) is 2. The number of nitrogens with one attached hydrogen (secondary N) is 1. The van der Waals surface area contributed by atoms with E-state index in [2.05, 4.69) is 24.1 Å². The Bertz CT molecular complexity index is 432. The Balaban J connectivity index is 1.87. The van der Waals surface area contributed by atoms with Gasteiger partial charge < -0.3 is 10.2 Å². The van der Waals surface area contributed by atoms with Crippen molar-refractivity contribution in [3.63, 3.8) is 0 Å². The van der Waals surface area contributed by atoms with Crippen LogP contribution in [0.1, 0.15) is 32.3 Å². The highest BCUT2D eigenvalue weighted by atomic mass is 19.4. The van der Waals surface area contributed by atoms with E-state index in [9.17, 15) is 13.2 Å². The van der Waals surface area contributed by atoms with Crippen molar-refractivity contribution in [2.75, 3.05) is 24.5 Å². The SMILES string of the molecule is CC(C)NCC1CCN(c2ccc(C(F)(F)F)cc2)CC1. The van der Waals surface area contributed by atoms with Crippen molar-refractivity contribution in [1.29, 1.82) is 0 Å². The minimum atomic E-state index is -4.26. The van der Waals surface area contributed by atoms with Crippen molar-refractivity contribution in [2.24, 2.45) is 5.92 Å². The van der Waals surface area contributed by atoms with Gasteiger partial charge in [0.1, 0.15) is 0 Å². The van der Waals surface area contributed by atoms with Crippen LogP contribution in [0, 0.1) is 5.92 Å². The van der Waals surface area contributed by atoms with Crippen molar-refractivity contribution >= 4 is 5.69 Å². The number of halogens is 3. The highest BCUT2D eigenvalue weighted by Gasteiger charge is 2.30. The third-order valence-corrected chi connectivity index (χ3v) is 3.99. The van der Waals surface area contributed by atoms with Crippen molar-refractivity contribution in [3.8, 4) is 0 Å². The van der Waals surface area contributed by atoms with Crippen molar-refractivity contribution in [3.05, 3.63) is 29.8 Å². The summed E-state index contributed by atoms with van der Waals surface area (Å²) in [5.74, 6) is 0.665. The zero-order chi connectivity index (χ0) is 15.5. The maximum atomic E-state index is 12.5. The Hall–Kier alpha value is -1.23. The van der Waals surface area contributed by atoms with Crippen LogP contribution in [0.4, 0.5) is 18.9 Å². The fourth-order valence-electron chi connectivity index (χ4n) is 2.66. The third kappa shape index (κ3) is 4.63. The molecule has 0 radical (unpaired) electrons. The molecule has 0 aromatic heterocycles. The summed E-state index contributed by atoms with van der Waals surface area (Å²) < 4.78 is 37.6. The van der Waals surface area contributed by atoms with Crippen LogP contribution in [0.5, 0.6) is 0 Å². The Morgan fingerprint density at radius 2 is 1.71 bits per heavy atom. The molecule has 1 fully saturated rings. The molecule has 1 aromatic carbocycles. The smallest absolute Gasteiger partial charge is 0.372 e. The number of anilines is 1. The number of hydrogen-bond donors (Lipinski definition) is 1. The van der Waals surface area contributed by atoms with Gasteiger partial charge in [-0.2, -0.15) is 13.2 Å². The number of alkyl halides is 3. The van der Waals surface area contributed by atoms with Crippen molar-refractivity contribution in [1.82, 2.24) is 5.32 Å². The molecule has 1 heterocycles. The lowest BCUT2D eigenvalue weighted by Crippen LogP contribution is -2.38. The molecule has 2 nitrogen and oxygen atoms in total. The summed E-state index contributed by atoms with van der Waals surface area (Å²) in [4.78, 5) is 2.17. The summed E-state index contributed by atoms with van der Waals surface area (Å²) in [7, 11) is 0. The Morgan fingerprint density at radius 3 is 2.19 bits per heavy atom. The minimum Gasteiger partial charge on any atom is -0.372 e. The maximum Gasteiger partial charge on any atom is 0.416 e. The van der Waals surface area contributed by atoms with E-state index >= 15 is 0 Å². The normalized spacial score (nSPS) is 17.5. The van der Waals surface area contributed by atoms with Gasteiger partial charge >= 0.3 is 6.18 Å². The molecule has 1 saturated heterocycles.